The number of hydrogen-bond donors (Lipinski definition) is 0. The minimum atomic E-state index is -4.33. The molecule has 18 heavy (non-hydrogen) atoms. The fourth-order valence-electron chi connectivity index (χ4n) is 1.31. The molecule has 0 unspecified atom stereocenters. The van der Waals surface area contributed by atoms with Gasteiger partial charge in [0.1, 0.15) is 5.69 Å². The van der Waals surface area contributed by atoms with Gasteiger partial charge in [0.15, 0.2) is 0 Å². The summed E-state index contributed by atoms with van der Waals surface area (Å²) in [6.07, 6.45) is 3.88. The highest BCUT2D eigenvalue weighted by molar-refractivity contribution is 5.14. The molecule has 1 nitrogen and oxygen atoms in total. The number of halogens is 3. The lowest BCUT2D eigenvalue weighted by atomic mass is 10.2. The summed E-state index contributed by atoms with van der Waals surface area (Å²) in [6, 6.07) is 2.35. The van der Waals surface area contributed by atoms with Crippen LogP contribution < -0.4 is 0 Å². The molecule has 1 rings (SSSR count). The number of pyridine rings is 1. The molecular weight excluding hydrogens is 239 g/mol. The highest BCUT2D eigenvalue weighted by Crippen LogP contribution is 2.26. The second kappa shape index (κ2) is 8.95. The van der Waals surface area contributed by atoms with Crippen LogP contribution in [0.25, 0.3) is 0 Å². The third-order valence-corrected chi connectivity index (χ3v) is 2.41. The van der Waals surface area contributed by atoms with Crippen molar-refractivity contribution in [3.63, 3.8) is 0 Å². The first kappa shape index (κ1) is 16.9. The summed E-state index contributed by atoms with van der Waals surface area (Å²) in [6.45, 7) is 6.18. The average Bonchev–Trinajstić information content (AvgIpc) is 2.30. The van der Waals surface area contributed by atoms with Crippen LogP contribution in [0.3, 0.4) is 0 Å². The molecule has 1 heterocycles. The highest BCUT2D eigenvalue weighted by atomic mass is 19.4. The van der Waals surface area contributed by atoms with Crippen molar-refractivity contribution in [2.45, 2.75) is 59.1 Å². The summed E-state index contributed by atoms with van der Waals surface area (Å²) in [5.74, 6) is 0. The van der Waals surface area contributed by atoms with E-state index in [1.54, 1.807) is 6.92 Å². The Morgan fingerprint density at radius 1 is 1.00 bits per heavy atom. The molecule has 104 valence electrons. The summed E-state index contributed by atoms with van der Waals surface area (Å²) in [4.78, 5) is 3.22. The van der Waals surface area contributed by atoms with Crippen LogP contribution in [0.15, 0.2) is 18.3 Å². The molecule has 0 saturated heterocycles. The predicted molar refractivity (Wildman–Crippen MR) is 68.4 cm³/mol. The lowest BCUT2D eigenvalue weighted by molar-refractivity contribution is -0.141. The first-order chi connectivity index (χ1) is 8.41. The van der Waals surface area contributed by atoms with Crippen molar-refractivity contribution < 1.29 is 13.2 Å². The van der Waals surface area contributed by atoms with Crippen LogP contribution in [0.4, 0.5) is 13.2 Å². The number of rotatable bonds is 4. The molecule has 0 saturated carbocycles. The van der Waals surface area contributed by atoms with Gasteiger partial charge in [-0.3, -0.25) is 4.98 Å². The number of aromatic nitrogens is 1. The maximum absolute atomic E-state index is 11.9. The van der Waals surface area contributed by atoms with Gasteiger partial charge in [-0.05, 0) is 18.6 Å². The third kappa shape index (κ3) is 8.09. The number of unbranched alkanes of at least 4 members (excludes halogenated alkanes) is 4. The molecule has 0 fully saturated rings. The van der Waals surface area contributed by atoms with Crippen LogP contribution in [-0.4, -0.2) is 4.98 Å². The Kier molecular flexibility index (Phi) is 8.42. The van der Waals surface area contributed by atoms with E-state index in [1.165, 1.54) is 44.4 Å². The Bertz CT molecular complexity index is 300. The molecule has 0 amide bonds. The monoisotopic (exact) mass is 261 g/mol. The molecule has 0 aliphatic carbocycles. The van der Waals surface area contributed by atoms with Crippen LogP contribution in [0.1, 0.15) is 57.2 Å². The van der Waals surface area contributed by atoms with E-state index in [2.05, 4.69) is 18.8 Å². The van der Waals surface area contributed by atoms with Gasteiger partial charge in [-0.1, -0.05) is 52.0 Å². The Morgan fingerprint density at radius 3 is 1.89 bits per heavy atom. The van der Waals surface area contributed by atoms with Gasteiger partial charge in [-0.2, -0.15) is 13.2 Å². The molecule has 0 atom stereocenters. The summed E-state index contributed by atoms with van der Waals surface area (Å²) < 4.78 is 35.6. The van der Waals surface area contributed by atoms with Crippen molar-refractivity contribution in [3.8, 4) is 0 Å². The van der Waals surface area contributed by atoms with Crippen LogP contribution in [0.2, 0.25) is 0 Å². The SMILES string of the molecule is CCCCCCC.Cc1ccc(C(F)(F)F)nc1. The van der Waals surface area contributed by atoms with Crippen molar-refractivity contribution in [1.82, 2.24) is 4.98 Å². The average molecular weight is 261 g/mol. The molecule has 0 aliphatic heterocycles. The minimum Gasteiger partial charge on any atom is -0.252 e. The van der Waals surface area contributed by atoms with Crippen LogP contribution in [0.5, 0.6) is 0 Å². The Labute approximate surface area is 107 Å². The van der Waals surface area contributed by atoms with Gasteiger partial charge in [0, 0.05) is 6.20 Å². The fraction of sp³-hybridized carbons (Fsp3) is 0.643. The van der Waals surface area contributed by atoms with Gasteiger partial charge in [0.05, 0.1) is 0 Å². The van der Waals surface area contributed by atoms with E-state index >= 15 is 0 Å². The van der Waals surface area contributed by atoms with Crippen LogP contribution >= 0.6 is 0 Å². The van der Waals surface area contributed by atoms with Gasteiger partial charge in [0.25, 0.3) is 0 Å². The second-order valence-corrected chi connectivity index (χ2v) is 4.28. The van der Waals surface area contributed by atoms with E-state index in [9.17, 15) is 13.2 Å². The highest BCUT2D eigenvalue weighted by Gasteiger charge is 2.31. The zero-order chi connectivity index (χ0) is 14.0. The van der Waals surface area contributed by atoms with E-state index in [1.807, 2.05) is 0 Å². The van der Waals surface area contributed by atoms with Gasteiger partial charge in [0.2, 0.25) is 0 Å². The van der Waals surface area contributed by atoms with Crippen molar-refractivity contribution in [2.24, 2.45) is 0 Å². The molecule has 0 bridgehead atoms. The summed E-state index contributed by atoms with van der Waals surface area (Å²) in [7, 11) is 0. The lowest BCUT2D eigenvalue weighted by Gasteiger charge is -2.03. The second-order valence-electron chi connectivity index (χ2n) is 4.28. The van der Waals surface area contributed by atoms with Crippen LogP contribution in [-0.2, 0) is 6.18 Å². The van der Waals surface area contributed by atoms with Crippen molar-refractivity contribution in [1.29, 1.82) is 0 Å². The maximum atomic E-state index is 11.9. The maximum Gasteiger partial charge on any atom is 0.433 e. The first-order valence-corrected chi connectivity index (χ1v) is 6.41. The summed E-state index contributed by atoms with van der Waals surface area (Å²) in [5, 5.41) is 0. The number of nitrogens with zero attached hydrogens (tertiary/aromatic N) is 1. The molecule has 0 aromatic carbocycles. The van der Waals surface area contributed by atoms with E-state index in [0.717, 1.165) is 11.6 Å². The van der Waals surface area contributed by atoms with Crippen molar-refractivity contribution >= 4 is 0 Å². The molecule has 0 N–H and O–H groups in total. The van der Waals surface area contributed by atoms with E-state index in [0.29, 0.717) is 0 Å². The molecule has 0 spiro atoms. The van der Waals surface area contributed by atoms with E-state index in [4.69, 9.17) is 0 Å². The van der Waals surface area contributed by atoms with Gasteiger partial charge in [-0.15, -0.1) is 0 Å². The Balaban J connectivity index is 0.000000360. The van der Waals surface area contributed by atoms with Gasteiger partial charge < -0.3 is 0 Å². The molecule has 1 aromatic rings. The summed E-state index contributed by atoms with van der Waals surface area (Å²) >= 11 is 0. The number of aryl methyl sites for hydroxylation is 1. The zero-order valence-electron chi connectivity index (χ0n) is 11.3. The quantitative estimate of drug-likeness (QED) is 0.662. The molecule has 0 radical (unpaired) electrons. The predicted octanol–water partition coefficient (Wildman–Crippen LogP) is 5.39. The molecule has 1 aromatic heterocycles. The van der Waals surface area contributed by atoms with Gasteiger partial charge >= 0.3 is 6.18 Å². The smallest absolute Gasteiger partial charge is 0.252 e. The largest absolute Gasteiger partial charge is 0.433 e. The summed E-state index contributed by atoms with van der Waals surface area (Å²) in [5.41, 5.74) is -0.124. The molecular formula is C14H22F3N. The van der Waals surface area contributed by atoms with Crippen molar-refractivity contribution in [3.05, 3.63) is 29.6 Å². The first-order valence-electron chi connectivity index (χ1n) is 6.41. The minimum absolute atomic E-state index is 0.720. The fourth-order valence-corrected chi connectivity index (χ4v) is 1.31. The number of alkyl halides is 3. The lowest BCUT2D eigenvalue weighted by Crippen LogP contribution is -2.07. The standard InChI is InChI=1S/C7H6F3N.C7H16/c1-5-2-3-6(11-4-5)7(8,9)10;1-3-5-7-6-4-2/h2-4H,1H3;3-7H2,1-2H3. The van der Waals surface area contributed by atoms with Crippen LogP contribution in [0, 0.1) is 6.92 Å². The van der Waals surface area contributed by atoms with E-state index in [-0.39, 0.29) is 0 Å². The Morgan fingerprint density at radius 2 is 1.56 bits per heavy atom. The van der Waals surface area contributed by atoms with Gasteiger partial charge in [-0.25, -0.2) is 0 Å². The zero-order valence-corrected chi connectivity index (χ0v) is 11.3. The number of hydrogen-bond acceptors (Lipinski definition) is 1. The molecule has 0 aliphatic rings. The molecule has 4 heteroatoms. The third-order valence-electron chi connectivity index (χ3n) is 2.41. The van der Waals surface area contributed by atoms with Crippen molar-refractivity contribution in [2.75, 3.05) is 0 Å². The Hall–Kier alpha value is -1.06. The topological polar surface area (TPSA) is 12.9 Å². The van der Waals surface area contributed by atoms with E-state index < -0.39 is 11.9 Å². The normalized spacial score (nSPS) is 10.8.